The number of hydrogen-bond acceptors (Lipinski definition) is 14. The SMILES string of the molecule is C#Cc1cc(C(C)(C)C)sn1.C#Cc1ccn(C(C)(C)C)n1.C#Cc1nc(C(C)(C)C)cs1.C#Cc1ncc(C(C)(C)C)s1.C#Cc1nccn1C(C)(C)C.C#Cc1nscc1C(C)(C)C.C=CC(=O)N1CCC(C(C)(C)C)C1.CC(C)(C)C1CC=CC(=O)C1.CC(C)(C)C1CCC=CC1=O.CC(C)(C)n1cc[c-]n1.[Re]. The maximum Gasteiger partial charge on any atom is 0.245 e. The quantitative estimate of drug-likeness (QED) is 0.0879. The minimum Gasteiger partial charge on any atom is -0.363 e. The molecule has 14 nitrogen and oxygen atoms in total. The van der Waals surface area contributed by atoms with Crippen LogP contribution in [0.5, 0.6) is 0 Å². The van der Waals surface area contributed by atoms with Crippen LogP contribution < -0.4 is 0 Å². The Hall–Kier alpha value is -7.80. The van der Waals surface area contributed by atoms with E-state index in [-0.39, 0.29) is 87.1 Å². The zero-order valence-electron chi connectivity index (χ0n) is 72.7. The number of allylic oxidation sites excluding steroid dienone is 4. The zero-order chi connectivity index (χ0) is 84.8. The second-order valence-electron chi connectivity index (χ2n) is 37.3. The van der Waals surface area contributed by atoms with Crippen LogP contribution in [0.25, 0.3) is 0 Å². The second-order valence-corrected chi connectivity index (χ2v) is 40.6. The largest absolute Gasteiger partial charge is 0.363 e. The molecular formula is C92H130N11O3ReS4-. The van der Waals surface area contributed by atoms with Crippen LogP contribution in [0, 0.1) is 114 Å². The van der Waals surface area contributed by atoms with E-state index in [0.717, 1.165) is 72.3 Å². The van der Waals surface area contributed by atoms with Gasteiger partial charge in [0.2, 0.25) is 5.91 Å². The summed E-state index contributed by atoms with van der Waals surface area (Å²) in [5, 5.41) is 13.8. The second kappa shape index (κ2) is 45.2. The van der Waals surface area contributed by atoms with Crippen LogP contribution in [0.1, 0.15) is 294 Å². The summed E-state index contributed by atoms with van der Waals surface area (Å²) in [4.78, 5) is 50.4. The van der Waals surface area contributed by atoms with Crippen molar-refractivity contribution in [3.8, 4) is 74.1 Å². The predicted octanol–water partition coefficient (Wildman–Crippen LogP) is 21.6. The van der Waals surface area contributed by atoms with Crippen molar-refractivity contribution in [2.24, 2.45) is 34.0 Å². The van der Waals surface area contributed by atoms with E-state index in [9.17, 15) is 14.4 Å². The van der Waals surface area contributed by atoms with E-state index in [1.165, 1.54) is 55.8 Å². The first-order chi connectivity index (χ1) is 50.3. The Morgan fingerprint density at radius 1 is 0.604 bits per heavy atom. The van der Waals surface area contributed by atoms with Gasteiger partial charge < -0.3 is 19.2 Å². The molecule has 603 valence electrons. The summed E-state index contributed by atoms with van der Waals surface area (Å²) in [5.74, 6) is 18.0. The fraction of sp³-hybridized carbons (Fsp3) is 0.543. The molecule has 0 spiro atoms. The Morgan fingerprint density at radius 3 is 1.50 bits per heavy atom. The van der Waals surface area contributed by atoms with Crippen LogP contribution in [0.2, 0.25) is 0 Å². The summed E-state index contributed by atoms with van der Waals surface area (Å²) in [7, 11) is 0. The van der Waals surface area contributed by atoms with E-state index in [0.29, 0.717) is 34.6 Å². The number of likely N-dealkylation sites (tertiary alicyclic amines) is 1. The van der Waals surface area contributed by atoms with Gasteiger partial charge in [0.25, 0.3) is 0 Å². The number of aromatic nitrogens is 10. The van der Waals surface area contributed by atoms with E-state index < -0.39 is 0 Å². The summed E-state index contributed by atoms with van der Waals surface area (Å²) in [5.41, 5.74) is 5.95. The first-order valence-electron chi connectivity index (χ1n) is 37.3. The molecule has 0 N–H and O–H groups in total. The van der Waals surface area contributed by atoms with E-state index in [2.05, 4.69) is 290 Å². The number of carbonyl (C=O) groups is 3. The molecule has 10 rings (SSSR count). The van der Waals surface area contributed by atoms with Crippen LogP contribution in [-0.4, -0.2) is 83.3 Å². The molecule has 3 unspecified atom stereocenters. The van der Waals surface area contributed by atoms with Gasteiger partial charge in [-0.3, -0.25) is 19.1 Å². The fourth-order valence-corrected chi connectivity index (χ4v) is 13.3. The summed E-state index contributed by atoms with van der Waals surface area (Å²) in [6.07, 6.45) is 57.2. The summed E-state index contributed by atoms with van der Waals surface area (Å²) < 4.78 is 13.9. The van der Waals surface area contributed by atoms with Gasteiger partial charge in [-0.2, -0.15) is 19.9 Å². The molecule has 3 aliphatic rings. The molecule has 7 aromatic rings. The number of imidazole rings is 1. The van der Waals surface area contributed by atoms with Crippen molar-refractivity contribution in [2.45, 2.75) is 278 Å². The van der Waals surface area contributed by atoms with Crippen molar-refractivity contribution in [1.82, 2.24) is 52.7 Å². The molecule has 3 atom stereocenters. The van der Waals surface area contributed by atoms with E-state index in [1.54, 1.807) is 29.7 Å². The van der Waals surface area contributed by atoms with Gasteiger partial charge >= 0.3 is 0 Å². The van der Waals surface area contributed by atoms with Crippen LogP contribution in [0.4, 0.5) is 0 Å². The molecule has 7 aromatic heterocycles. The number of rotatable bonds is 1. The molecule has 2 aliphatic carbocycles. The summed E-state index contributed by atoms with van der Waals surface area (Å²) in [6, 6.07) is 5.63. The molecule has 0 saturated carbocycles. The molecule has 0 bridgehead atoms. The Bertz CT molecular complexity index is 4000. The first-order valence-corrected chi connectivity index (χ1v) is 40.6. The zero-order valence-corrected chi connectivity index (χ0v) is 78.7. The summed E-state index contributed by atoms with van der Waals surface area (Å²) >= 11 is 6.04. The van der Waals surface area contributed by atoms with Gasteiger partial charge in [-0.25, -0.2) is 15.0 Å². The van der Waals surface area contributed by atoms with Crippen molar-refractivity contribution in [2.75, 3.05) is 13.1 Å². The standard InChI is InChI=1S/C11H19NO.2C10H16O.2C9H12N2.4C9H11NS.C7H11N2.Re/c1-5-10(13)12-7-6-9(8-12)11(2,3)4;1-10(2,3)8-5-4-6-9(11)7-8;1-10(2,3)8-6-4-5-7-9(8)11;1-5-8-10-6-7-11(8)9(2,3)4;1-5-8-6-7-11(10-8)9(2,3)4;1-5-8-10-7(6-11-8)9(2,3)4;1-5-8-10-6-7(11-8)9(2,3)4;1-5-8-7(6-11-10-8)9(2,3)4;1-5-7-6-8(11-10-7)9(2,3)4;1-7(2,3)9-6-4-5-8-9;/h5,9H,1,6-8H2,2-4H3;4,6,8H,5,7H2,1-3H3;5,7-8H,4,6H2,1-3H3;2*1,6-7H,2-4H3;4*1,6H,2-4H3;4,6H,1-3H3;/q;;;;;;;;;-1;. The first kappa shape index (κ1) is 103. The minimum atomic E-state index is 0. The molecule has 0 aromatic carbocycles. The van der Waals surface area contributed by atoms with E-state index in [1.807, 2.05) is 84.7 Å². The third-order valence-electron chi connectivity index (χ3n) is 17.3. The predicted molar refractivity (Wildman–Crippen MR) is 468 cm³/mol. The van der Waals surface area contributed by atoms with Crippen molar-refractivity contribution < 1.29 is 34.8 Å². The average molecular weight is 1750 g/mol. The normalized spacial score (nSPS) is 15.4. The van der Waals surface area contributed by atoms with Gasteiger partial charge in [0.15, 0.2) is 27.4 Å². The molecule has 1 fully saturated rings. The van der Waals surface area contributed by atoms with Gasteiger partial charge in [0.1, 0.15) is 17.1 Å². The van der Waals surface area contributed by atoms with E-state index >= 15 is 0 Å². The van der Waals surface area contributed by atoms with Crippen molar-refractivity contribution >= 4 is 63.2 Å². The van der Waals surface area contributed by atoms with E-state index in [4.69, 9.17) is 38.5 Å². The Labute approximate surface area is 701 Å². The van der Waals surface area contributed by atoms with Crippen LogP contribution in [0.15, 0.2) is 96.9 Å². The topological polar surface area (TPSA) is 159 Å². The molecular weight excluding hydrogens is 1620 g/mol. The molecule has 1 amide bonds. The van der Waals surface area contributed by atoms with Crippen LogP contribution in [0.3, 0.4) is 0 Å². The number of carbonyl (C=O) groups excluding carboxylic acids is 3. The van der Waals surface area contributed by atoms with Gasteiger partial charge in [0, 0.05) is 113 Å². The summed E-state index contributed by atoms with van der Waals surface area (Å²) in [6.45, 7) is 69.6. The number of amides is 1. The third kappa shape index (κ3) is 38.5. The number of ketones is 2. The average Bonchev–Trinajstić information content (AvgIpc) is 1.70. The maximum absolute atomic E-state index is 11.4. The Kier molecular flexibility index (Phi) is 42.0. The van der Waals surface area contributed by atoms with Crippen molar-refractivity contribution in [3.05, 3.63) is 157 Å². The number of terminal acetylenes is 6. The van der Waals surface area contributed by atoms with Crippen LogP contribution in [-0.2, 0) is 73.1 Å². The van der Waals surface area contributed by atoms with Crippen molar-refractivity contribution in [1.29, 1.82) is 0 Å². The Morgan fingerprint density at radius 2 is 1.19 bits per heavy atom. The molecule has 8 heterocycles. The third-order valence-corrected chi connectivity index (χ3v) is 21.3. The van der Waals surface area contributed by atoms with Gasteiger partial charge in [-0.1, -0.05) is 164 Å². The van der Waals surface area contributed by atoms with Crippen LogP contribution >= 0.6 is 45.7 Å². The molecule has 1 aliphatic heterocycles. The molecule has 19 heteroatoms. The van der Waals surface area contributed by atoms with Crippen molar-refractivity contribution in [3.63, 3.8) is 0 Å². The van der Waals surface area contributed by atoms with Gasteiger partial charge in [0.05, 0.1) is 11.2 Å². The number of hydrogen-bond donors (Lipinski definition) is 0. The molecule has 111 heavy (non-hydrogen) atoms. The molecule has 1 saturated heterocycles. The molecule has 1 radical (unpaired) electrons. The monoisotopic (exact) mass is 1750 g/mol. The number of nitrogens with zero attached hydrogens (tertiary/aromatic N) is 11. The maximum atomic E-state index is 11.4. The number of thiazole rings is 2. The fourth-order valence-electron chi connectivity index (χ4n) is 10.1. The van der Waals surface area contributed by atoms with Gasteiger partial charge in [-0.15, -0.1) is 73.6 Å². The Balaban J connectivity index is 0.00000121. The van der Waals surface area contributed by atoms with Gasteiger partial charge in [-0.05, 0) is 221 Å². The smallest absolute Gasteiger partial charge is 0.245 e. The minimum absolute atomic E-state index is 0.